The van der Waals surface area contributed by atoms with E-state index in [1.54, 1.807) is 30.3 Å². The van der Waals surface area contributed by atoms with Gasteiger partial charge in [-0.25, -0.2) is 0 Å². The lowest BCUT2D eigenvalue weighted by molar-refractivity contribution is -0.120. The van der Waals surface area contributed by atoms with E-state index < -0.39 is 0 Å². The summed E-state index contributed by atoms with van der Waals surface area (Å²) in [6.07, 6.45) is 5.04. The molecular formula is C16H19N3O2. The minimum absolute atomic E-state index is 0.0108. The normalized spacial score (nSPS) is 15.0. The predicted octanol–water partition coefficient (Wildman–Crippen LogP) is 3.06. The van der Waals surface area contributed by atoms with Crippen LogP contribution in [0.4, 0.5) is 11.4 Å². The smallest absolute Gasteiger partial charge is 0.238 e. The Labute approximate surface area is 124 Å². The number of rotatable bonds is 4. The highest BCUT2D eigenvalue weighted by molar-refractivity contribution is 6.00. The summed E-state index contributed by atoms with van der Waals surface area (Å²) in [5.41, 5.74) is 1.11. The van der Waals surface area contributed by atoms with E-state index in [0.29, 0.717) is 11.4 Å². The number of para-hydroxylation sites is 2. The number of hydrogen-bond acceptors (Lipinski definition) is 3. The van der Waals surface area contributed by atoms with Crippen LogP contribution in [-0.4, -0.2) is 11.8 Å². The van der Waals surface area contributed by atoms with Gasteiger partial charge in [-0.15, -0.1) is 0 Å². The van der Waals surface area contributed by atoms with E-state index in [0.717, 1.165) is 25.7 Å². The maximum atomic E-state index is 12.3. The zero-order valence-corrected chi connectivity index (χ0v) is 11.9. The van der Waals surface area contributed by atoms with Crippen molar-refractivity contribution in [3.8, 4) is 6.07 Å². The van der Waals surface area contributed by atoms with Crippen LogP contribution in [0, 0.1) is 17.2 Å². The van der Waals surface area contributed by atoms with Crippen LogP contribution >= 0.6 is 0 Å². The first kappa shape index (κ1) is 15.0. The minimum atomic E-state index is -0.378. The van der Waals surface area contributed by atoms with Crippen molar-refractivity contribution in [1.82, 2.24) is 0 Å². The molecular weight excluding hydrogens is 266 g/mol. The Hall–Kier alpha value is -2.35. The first-order valence-corrected chi connectivity index (χ1v) is 7.27. The van der Waals surface area contributed by atoms with Gasteiger partial charge in [-0.3, -0.25) is 9.59 Å². The second-order valence-electron chi connectivity index (χ2n) is 5.25. The maximum Gasteiger partial charge on any atom is 0.238 e. The molecule has 2 N–H and O–H groups in total. The molecule has 2 amide bonds. The summed E-state index contributed by atoms with van der Waals surface area (Å²) in [7, 11) is 0. The van der Waals surface area contributed by atoms with Gasteiger partial charge >= 0.3 is 0 Å². The number of nitrogens with zero attached hydrogens (tertiary/aromatic N) is 1. The molecule has 0 bridgehead atoms. The summed E-state index contributed by atoms with van der Waals surface area (Å²) in [6.45, 7) is 0. The summed E-state index contributed by atoms with van der Waals surface area (Å²) >= 11 is 0. The Balaban J connectivity index is 2.03. The zero-order chi connectivity index (χ0) is 15.1. The molecule has 5 heteroatoms. The van der Waals surface area contributed by atoms with Crippen molar-refractivity contribution in [2.75, 3.05) is 10.6 Å². The van der Waals surface area contributed by atoms with Gasteiger partial charge < -0.3 is 10.6 Å². The Morgan fingerprint density at radius 1 is 1.10 bits per heavy atom. The molecule has 1 aromatic carbocycles. The average Bonchev–Trinajstić information content (AvgIpc) is 2.50. The molecule has 110 valence electrons. The number of anilines is 2. The first-order valence-electron chi connectivity index (χ1n) is 7.27. The van der Waals surface area contributed by atoms with Gasteiger partial charge in [0.15, 0.2) is 0 Å². The highest BCUT2D eigenvalue weighted by Gasteiger charge is 2.21. The van der Waals surface area contributed by atoms with Crippen LogP contribution in [0.1, 0.15) is 38.5 Å². The van der Waals surface area contributed by atoms with Crippen molar-refractivity contribution >= 4 is 23.2 Å². The molecule has 5 nitrogen and oxygen atoms in total. The summed E-state index contributed by atoms with van der Waals surface area (Å²) in [4.78, 5) is 23.8. The highest BCUT2D eigenvalue weighted by atomic mass is 16.2. The molecule has 0 spiro atoms. The molecule has 1 saturated carbocycles. The molecule has 1 aliphatic carbocycles. The number of carbonyl (C=O) groups is 2. The lowest BCUT2D eigenvalue weighted by Gasteiger charge is -2.21. The van der Waals surface area contributed by atoms with Crippen LogP contribution < -0.4 is 10.6 Å². The Morgan fingerprint density at radius 2 is 1.71 bits per heavy atom. The van der Waals surface area contributed by atoms with E-state index in [4.69, 9.17) is 5.26 Å². The number of amides is 2. The molecule has 0 aliphatic heterocycles. The van der Waals surface area contributed by atoms with Gasteiger partial charge in [-0.1, -0.05) is 31.4 Å². The van der Waals surface area contributed by atoms with E-state index >= 15 is 0 Å². The summed E-state index contributed by atoms with van der Waals surface area (Å²) in [5, 5.41) is 14.1. The highest BCUT2D eigenvalue weighted by Crippen LogP contribution is 2.27. The third-order valence-corrected chi connectivity index (χ3v) is 3.67. The van der Waals surface area contributed by atoms with Crippen molar-refractivity contribution < 1.29 is 9.59 Å². The van der Waals surface area contributed by atoms with Crippen molar-refractivity contribution in [2.45, 2.75) is 38.5 Å². The van der Waals surface area contributed by atoms with Crippen molar-refractivity contribution in [3.05, 3.63) is 24.3 Å². The van der Waals surface area contributed by atoms with Gasteiger partial charge in [0.05, 0.1) is 17.4 Å². The summed E-state index contributed by atoms with van der Waals surface area (Å²) in [5.74, 6) is -0.310. The molecule has 0 saturated heterocycles. The zero-order valence-electron chi connectivity index (χ0n) is 11.9. The van der Waals surface area contributed by atoms with Gasteiger partial charge in [0, 0.05) is 5.92 Å². The number of carbonyl (C=O) groups excluding carboxylic acids is 2. The van der Waals surface area contributed by atoms with Gasteiger partial charge in [-0.05, 0) is 25.0 Å². The van der Waals surface area contributed by atoms with Gasteiger partial charge in [0.2, 0.25) is 11.8 Å². The molecule has 2 rings (SSSR count). The van der Waals surface area contributed by atoms with Crippen molar-refractivity contribution in [1.29, 1.82) is 5.26 Å². The standard InChI is InChI=1S/C16H19N3O2/c17-11-10-15(20)18-13-8-4-5-9-14(13)19-16(21)12-6-2-1-3-7-12/h4-5,8-9,12H,1-3,6-7,10H2,(H,18,20)(H,19,21). The van der Waals surface area contributed by atoms with Crippen LogP contribution in [0.5, 0.6) is 0 Å². The van der Waals surface area contributed by atoms with Crippen LogP contribution in [0.2, 0.25) is 0 Å². The fourth-order valence-corrected chi connectivity index (χ4v) is 2.57. The number of hydrogen-bond donors (Lipinski definition) is 2. The van der Waals surface area contributed by atoms with E-state index in [1.165, 1.54) is 6.42 Å². The quantitative estimate of drug-likeness (QED) is 0.892. The second kappa shape index (κ2) is 7.44. The topological polar surface area (TPSA) is 82.0 Å². The van der Waals surface area contributed by atoms with Crippen molar-refractivity contribution in [2.24, 2.45) is 5.92 Å². The molecule has 1 aromatic rings. The van der Waals surface area contributed by atoms with Crippen LogP contribution in [-0.2, 0) is 9.59 Å². The first-order chi connectivity index (χ1) is 10.2. The predicted molar refractivity (Wildman–Crippen MR) is 80.5 cm³/mol. The van der Waals surface area contributed by atoms with Gasteiger partial charge in [0.1, 0.15) is 6.42 Å². The molecule has 21 heavy (non-hydrogen) atoms. The number of nitrogens with one attached hydrogen (secondary N) is 2. The molecule has 1 aliphatic rings. The third kappa shape index (κ3) is 4.32. The number of benzene rings is 1. The number of nitriles is 1. The Kier molecular flexibility index (Phi) is 5.33. The third-order valence-electron chi connectivity index (χ3n) is 3.67. The fraction of sp³-hybridized carbons (Fsp3) is 0.438. The van der Waals surface area contributed by atoms with E-state index in [-0.39, 0.29) is 24.2 Å². The fourth-order valence-electron chi connectivity index (χ4n) is 2.57. The lowest BCUT2D eigenvalue weighted by Crippen LogP contribution is -2.25. The molecule has 0 heterocycles. The minimum Gasteiger partial charge on any atom is -0.324 e. The largest absolute Gasteiger partial charge is 0.324 e. The lowest BCUT2D eigenvalue weighted by atomic mass is 9.88. The van der Waals surface area contributed by atoms with Gasteiger partial charge in [-0.2, -0.15) is 5.26 Å². The van der Waals surface area contributed by atoms with Crippen LogP contribution in [0.15, 0.2) is 24.3 Å². The monoisotopic (exact) mass is 285 g/mol. The SMILES string of the molecule is N#CCC(=O)Nc1ccccc1NC(=O)C1CCCCC1. The maximum absolute atomic E-state index is 12.3. The van der Waals surface area contributed by atoms with Gasteiger partial charge in [0.25, 0.3) is 0 Å². The molecule has 0 aromatic heterocycles. The molecule has 1 fully saturated rings. The van der Waals surface area contributed by atoms with Crippen molar-refractivity contribution in [3.63, 3.8) is 0 Å². The van der Waals surface area contributed by atoms with Crippen LogP contribution in [0.25, 0.3) is 0 Å². The van der Waals surface area contributed by atoms with E-state index in [2.05, 4.69) is 10.6 Å². The second-order valence-corrected chi connectivity index (χ2v) is 5.25. The summed E-state index contributed by atoms with van der Waals surface area (Å²) < 4.78 is 0. The molecule has 0 atom stereocenters. The Bertz CT molecular complexity index is 557. The van der Waals surface area contributed by atoms with E-state index in [1.807, 2.05) is 0 Å². The molecule has 0 unspecified atom stereocenters. The summed E-state index contributed by atoms with van der Waals surface area (Å²) in [6, 6.07) is 8.85. The Morgan fingerprint density at radius 3 is 2.33 bits per heavy atom. The average molecular weight is 285 g/mol. The van der Waals surface area contributed by atoms with E-state index in [9.17, 15) is 9.59 Å². The molecule has 0 radical (unpaired) electrons. The van der Waals surface area contributed by atoms with Crippen LogP contribution in [0.3, 0.4) is 0 Å².